The SMILES string of the molecule is c1ccc2c(N3CCCCCC3)c3c(nc2c1)CSC3. The molecule has 0 atom stereocenters. The molecule has 20 heavy (non-hydrogen) atoms. The number of hydrogen-bond acceptors (Lipinski definition) is 3. The van der Waals surface area contributed by atoms with E-state index in [9.17, 15) is 0 Å². The molecule has 4 rings (SSSR count). The van der Waals surface area contributed by atoms with Crippen LogP contribution < -0.4 is 4.90 Å². The first-order valence-corrected chi connectivity index (χ1v) is 8.82. The van der Waals surface area contributed by atoms with Crippen LogP contribution in [-0.2, 0) is 11.5 Å². The fourth-order valence-electron chi connectivity index (χ4n) is 3.46. The molecule has 3 heterocycles. The van der Waals surface area contributed by atoms with Crippen molar-refractivity contribution in [2.75, 3.05) is 18.0 Å². The number of nitrogens with zero attached hydrogens (tertiary/aromatic N) is 2. The zero-order valence-electron chi connectivity index (χ0n) is 11.8. The Bertz CT molecular complexity index is 630. The van der Waals surface area contributed by atoms with Crippen LogP contribution in [0.25, 0.3) is 10.9 Å². The first-order valence-electron chi connectivity index (χ1n) is 7.67. The van der Waals surface area contributed by atoms with Gasteiger partial charge in [0.1, 0.15) is 0 Å². The van der Waals surface area contributed by atoms with Gasteiger partial charge in [-0.3, -0.25) is 4.98 Å². The van der Waals surface area contributed by atoms with Crippen LogP contribution in [0, 0.1) is 0 Å². The number of hydrogen-bond donors (Lipinski definition) is 0. The van der Waals surface area contributed by atoms with Crippen molar-refractivity contribution in [1.82, 2.24) is 4.98 Å². The summed E-state index contributed by atoms with van der Waals surface area (Å²) in [5.41, 5.74) is 5.51. The quantitative estimate of drug-likeness (QED) is 0.774. The van der Waals surface area contributed by atoms with Crippen LogP contribution in [0.2, 0.25) is 0 Å². The molecule has 3 heteroatoms. The number of anilines is 1. The van der Waals surface area contributed by atoms with E-state index < -0.39 is 0 Å². The normalized spacial score (nSPS) is 19.1. The summed E-state index contributed by atoms with van der Waals surface area (Å²) >= 11 is 2.01. The maximum Gasteiger partial charge on any atom is 0.0726 e. The molecule has 2 aromatic rings. The second kappa shape index (κ2) is 5.28. The monoisotopic (exact) mass is 284 g/mol. The van der Waals surface area contributed by atoms with E-state index in [1.807, 2.05) is 11.8 Å². The molecule has 2 aliphatic rings. The van der Waals surface area contributed by atoms with Crippen LogP contribution in [0.5, 0.6) is 0 Å². The highest BCUT2D eigenvalue weighted by Crippen LogP contribution is 2.40. The Balaban J connectivity index is 1.91. The van der Waals surface area contributed by atoms with Crippen LogP contribution in [0.15, 0.2) is 24.3 Å². The number of thioether (sulfide) groups is 1. The lowest BCUT2D eigenvalue weighted by molar-refractivity contribution is 0.726. The van der Waals surface area contributed by atoms with Crippen LogP contribution in [0.3, 0.4) is 0 Å². The molecule has 0 amide bonds. The maximum absolute atomic E-state index is 4.89. The summed E-state index contributed by atoms with van der Waals surface area (Å²) in [6, 6.07) is 8.68. The van der Waals surface area contributed by atoms with Crippen LogP contribution in [0.4, 0.5) is 5.69 Å². The highest BCUT2D eigenvalue weighted by Gasteiger charge is 2.23. The fourth-order valence-corrected chi connectivity index (χ4v) is 4.50. The zero-order valence-corrected chi connectivity index (χ0v) is 12.6. The van der Waals surface area contributed by atoms with E-state index in [1.165, 1.54) is 66.6 Å². The number of pyridine rings is 1. The van der Waals surface area contributed by atoms with Gasteiger partial charge in [-0.15, -0.1) is 0 Å². The van der Waals surface area contributed by atoms with Gasteiger partial charge in [0.2, 0.25) is 0 Å². The second-order valence-corrected chi connectivity index (χ2v) is 6.78. The van der Waals surface area contributed by atoms with Crippen molar-refractivity contribution in [2.24, 2.45) is 0 Å². The summed E-state index contributed by atoms with van der Waals surface area (Å²) in [6.07, 6.45) is 5.43. The number of para-hydroxylation sites is 1. The first-order chi connectivity index (χ1) is 9.93. The van der Waals surface area contributed by atoms with E-state index in [1.54, 1.807) is 0 Å². The van der Waals surface area contributed by atoms with Gasteiger partial charge in [-0.1, -0.05) is 31.0 Å². The Morgan fingerprint density at radius 2 is 1.75 bits per heavy atom. The molecule has 1 saturated heterocycles. The number of aromatic nitrogens is 1. The molecule has 0 radical (unpaired) electrons. The molecule has 1 aromatic carbocycles. The lowest BCUT2D eigenvalue weighted by Gasteiger charge is -2.26. The Morgan fingerprint density at radius 3 is 2.60 bits per heavy atom. The van der Waals surface area contributed by atoms with E-state index in [0.717, 1.165) is 11.5 Å². The third kappa shape index (κ3) is 2.08. The van der Waals surface area contributed by atoms with Gasteiger partial charge in [-0.05, 0) is 18.9 Å². The largest absolute Gasteiger partial charge is 0.371 e. The molecule has 1 fully saturated rings. The highest BCUT2D eigenvalue weighted by molar-refractivity contribution is 7.98. The van der Waals surface area contributed by atoms with Gasteiger partial charge in [-0.2, -0.15) is 11.8 Å². The minimum Gasteiger partial charge on any atom is -0.371 e. The standard InChI is InChI=1S/C17H20N2S/c1-2-6-10-19(9-5-1)17-13-7-3-4-8-15(13)18-16-12-20-11-14(16)17/h3-4,7-8H,1-2,5-6,9-12H2. The number of fused-ring (bicyclic) bond motifs is 2. The van der Waals surface area contributed by atoms with Gasteiger partial charge in [0, 0.05) is 35.5 Å². The van der Waals surface area contributed by atoms with E-state index >= 15 is 0 Å². The van der Waals surface area contributed by atoms with Crippen molar-refractivity contribution in [1.29, 1.82) is 0 Å². The lowest BCUT2D eigenvalue weighted by atomic mass is 10.1. The summed E-state index contributed by atoms with van der Waals surface area (Å²) in [5, 5.41) is 1.36. The van der Waals surface area contributed by atoms with E-state index in [4.69, 9.17) is 4.98 Å². The van der Waals surface area contributed by atoms with Crippen molar-refractivity contribution < 1.29 is 0 Å². The van der Waals surface area contributed by atoms with Gasteiger partial charge in [0.25, 0.3) is 0 Å². The first kappa shape index (κ1) is 12.5. The van der Waals surface area contributed by atoms with E-state index in [2.05, 4.69) is 29.2 Å². The molecule has 1 aromatic heterocycles. The van der Waals surface area contributed by atoms with Crippen LogP contribution in [-0.4, -0.2) is 18.1 Å². The predicted octanol–water partition coefficient (Wildman–Crippen LogP) is 4.36. The molecule has 104 valence electrons. The van der Waals surface area contributed by atoms with Crippen LogP contribution >= 0.6 is 11.8 Å². The summed E-state index contributed by atoms with van der Waals surface area (Å²) in [6.45, 7) is 2.43. The molecule has 0 spiro atoms. The molecule has 0 unspecified atom stereocenters. The van der Waals surface area contributed by atoms with Gasteiger partial charge in [0.15, 0.2) is 0 Å². The average molecular weight is 284 g/mol. The molecular formula is C17H20N2S. The van der Waals surface area contributed by atoms with E-state index in [-0.39, 0.29) is 0 Å². The third-order valence-corrected chi connectivity index (χ3v) is 5.43. The number of rotatable bonds is 1. The topological polar surface area (TPSA) is 16.1 Å². The van der Waals surface area contributed by atoms with Crippen molar-refractivity contribution >= 4 is 28.4 Å². The van der Waals surface area contributed by atoms with Gasteiger partial charge in [-0.25, -0.2) is 0 Å². The number of benzene rings is 1. The maximum atomic E-state index is 4.89. The Labute approximate surface area is 124 Å². The van der Waals surface area contributed by atoms with Crippen molar-refractivity contribution in [3.05, 3.63) is 35.5 Å². The lowest BCUT2D eigenvalue weighted by Crippen LogP contribution is -2.25. The molecule has 0 N–H and O–H groups in total. The molecule has 0 saturated carbocycles. The zero-order chi connectivity index (χ0) is 13.4. The molecular weight excluding hydrogens is 264 g/mol. The third-order valence-electron chi connectivity index (χ3n) is 4.46. The Kier molecular flexibility index (Phi) is 3.31. The Morgan fingerprint density at radius 1 is 0.950 bits per heavy atom. The van der Waals surface area contributed by atoms with Crippen LogP contribution in [0.1, 0.15) is 36.9 Å². The second-order valence-electron chi connectivity index (χ2n) is 5.80. The molecule has 0 bridgehead atoms. The van der Waals surface area contributed by atoms with Crippen molar-refractivity contribution in [3.63, 3.8) is 0 Å². The molecule has 0 aliphatic carbocycles. The average Bonchev–Trinajstić information content (AvgIpc) is 2.78. The summed E-state index contributed by atoms with van der Waals surface area (Å²) in [5.74, 6) is 2.22. The molecule has 2 aliphatic heterocycles. The van der Waals surface area contributed by atoms with Crippen molar-refractivity contribution in [3.8, 4) is 0 Å². The fraction of sp³-hybridized carbons (Fsp3) is 0.471. The minimum absolute atomic E-state index is 1.08. The predicted molar refractivity (Wildman–Crippen MR) is 87.4 cm³/mol. The van der Waals surface area contributed by atoms with Gasteiger partial charge >= 0.3 is 0 Å². The van der Waals surface area contributed by atoms with Crippen molar-refractivity contribution in [2.45, 2.75) is 37.2 Å². The highest BCUT2D eigenvalue weighted by atomic mass is 32.2. The summed E-state index contributed by atoms with van der Waals surface area (Å²) in [4.78, 5) is 7.53. The van der Waals surface area contributed by atoms with E-state index in [0.29, 0.717) is 0 Å². The summed E-state index contributed by atoms with van der Waals surface area (Å²) < 4.78 is 0. The van der Waals surface area contributed by atoms with Gasteiger partial charge in [0.05, 0.1) is 16.9 Å². The summed E-state index contributed by atoms with van der Waals surface area (Å²) in [7, 11) is 0. The van der Waals surface area contributed by atoms with Gasteiger partial charge < -0.3 is 4.90 Å². The Hall–Kier alpha value is -1.22. The molecule has 2 nitrogen and oxygen atoms in total. The smallest absolute Gasteiger partial charge is 0.0726 e. The minimum atomic E-state index is 1.08.